The fraction of sp³-hybridized carbons (Fsp3) is 0.167. The summed E-state index contributed by atoms with van der Waals surface area (Å²) in [5.74, 6) is 0.847. The molecule has 0 unspecified atom stereocenters. The Morgan fingerprint density at radius 1 is 1.29 bits per heavy atom. The number of anilines is 1. The Bertz CT molecular complexity index is 1270. The summed E-state index contributed by atoms with van der Waals surface area (Å²) in [5, 5.41) is 2.81. The topological polar surface area (TPSA) is 139 Å². The van der Waals surface area contributed by atoms with Crippen LogP contribution >= 0.6 is 0 Å². The molecule has 4 rings (SSSR count). The van der Waals surface area contributed by atoms with E-state index in [9.17, 15) is 14.4 Å². The molecule has 0 radical (unpaired) electrons. The lowest BCUT2D eigenvalue weighted by atomic mass is 10.1. The molecule has 3 N–H and O–H groups in total. The Morgan fingerprint density at radius 2 is 2.14 bits per heavy atom. The summed E-state index contributed by atoms with van der Waals surface area (Å²) in [6, 6.07) is 7.22. The van der Waals surface area contributed by atoms with Gasteiger partial charge in [-0.05, 0) is 12.1 Å². The van der Waals surface area contributed by atoms with Crippen LogP contribution in [0.15, 0.2) is 50.9 Å². The number of nitrogens with one attached hydrogen (secondary N) is 3. The normalized spacial score (nSPS) is 11.0. The van der Waals surface area contributed by atoms with Crippen molar-refractivity contribution in [1.82, 2.24) is 24.5 Å². The van der Waals surface area contributed by atoms with Gasteiger partial charge in [-0.3, -0.25) is 19.1 Å². The molecule has 1 aromatic carbocycles. The Morgan fingerprint density at radius 3 is 2.93 bits per heavy atom. The molecule has 3 aromatic heterocycles. The number of hydrogen-bond acceptors (Lipinski definition) is 6. The van der Waals surface area contributed by atoms with E-state index in [-0.39, 0.29) is 29.9 Å². The van der Waals surface area contributed by atoms with Gasteiger partial charge in [0.1, 0.15) is 11.3 Å². The minimum Gasteiger partial charge on any atom is -0.444 e. The molecule has 0 bridgehead atoms. The van der Waals surface area contributed by atoms with Crippen molar-refractivity contribution < 1.29 is 9.21 Å². The lowest BCUT2D eigenvalue weighted by Gasteiger charge is -2.06. The molecule has 0 atom stereocenters. The van der Waals surface area contributed by atoms with Crippen molar-refractivity contribution in [2.45, 2.75) is 12.8 Å². The van der Waals surface area contributed by atoms with E-state index < -0.39 is 11.2 Å². The fourth-order valence-electron chi connectivity index (χ4n) is 2.83. The third-order valence-electron chi connectivity index (χ3n) is 4.26. The Hall–Kier alpha value is -3.95. The third kappa shape index (κ3) is 3.34. The number of oxazole rings is 1. The first-order valence-electron chi connectivity index (χ1n) is 8.48. The first-order chi connectivity index (χ1) is 13.5. The molecule has 0 saturated heterocycles. The minimum absolute atomic E-state index is 0.151. The summed E-state index contributed by atoms with van der Waals surface area (Å²) in [5.41, 5.74) is 0.807. The van der Waals surface area contributed by atoms with Gasteiger partial charge in [-0.1, -0.05) is 12.1 Å². The van der Waals surface area contributed by atoms with E-state index in [1.165, 1.54) is 18.0 Å². The van der Waals surface area contributed by atoms with E-state index in [0.29, 0.717) is 17.3 Å². The molecular weight excluding hydrogens is 364 g/mol. The number of rotatable bonds is 5. The molecule has 28 heavy (non-hydrogen) atoms. The Kier molecular flexibility index (Phi) is 4.36. The van der Waals surface area contributed by atoms with Gasteiger partial charge in [0.05, 0.1) is 6.20 Å². The number of H-pyrrole nitrogens is 2. The van der Waals surface area contributed by atoms with Crippen LogP contribution in [-0.2, 0) is 18.3 Å². The molecule has 3 heterocycles. The highest BCUT2D eigenvalue weighted by molar-refractivity contribution is 5.91. The predicted octanol–water partition coefficient (Wildman–Crippen LogP) is 1.18. The molecular formula is C18H16N6O4. The van der Waals surface area contributed by atoms with Crippen molar-refractivity contribution in [2.75, 3.05) is 5.32 Å². The van der Waals surface area contributed by atoms with E-state index in [4.69, 9.17) is 4.42 Å². The summed E-state index contributed by atoms with van der Waals surface area (Å²) in [4.78, 5) is 48.9. The molecule has 0 aliphatic carbocycles. The fourth-order valence-corrected chi connectivity index (χ4v) is 2.83. The zero-order valence-corrected chi connectivity index (χ0v) is 14.9. The first kappa shape index (κ1) is 17.5. The molecule has 0 fully saturated rings. The van der Waals surface area contributed by atoms with Crippen LogP contribution in [0.2, 0.25) is 0 Å². The van der Waals surface area contributed by atoms with Crippen LogP contribution in [0.5, 0.6) is 0 Å². The van der Waals surface area contributed by atoms with Crippen molar-refractivity contribution >= 4 is 22.8 Å². The second-order valence-electron chi connectivity index (χ2n) is 6.20. The summed E-state index contributed by atoms with van der Waals surface area (Å²) in [7, 11) is 1.51. The molecule has 0 saturated carbocycles. The molecule has 0 spiro atoms. The quantitative estimate of drug-likeness (QED) is 0.475. The number of carbonyl (C=O) groups excluding carboxylic acids is 1. The average molecular weight is 380 g/mol. The number of benzene rings is 1. The number of aryl methyl sites for hydroxylation is 2. The average Bonchev–Trinajstić information content (AvgIpc) is 3.35. The van der Waals surface area contributed by atoms with Crippen molar-refractivity contribution in [2.24, 2.45) is 7.05 Å². The van der Waals surface area contributed by atoms with E-state index in [2.05, 4.69) is 25.3 Å². The van der Waals surface area contributed by atoms with Gasteiger partial charge in [-0.2, -0.15) is 0 Å². The predicted molar refractivity (Wildman–Crippen MR) is 101 cm³/mol. The molecule has 0 aliphatic rings. The van der Waals surface area contributed by atoms with Gasteiger partial charge in [0.2, 0.25) is 5.91 Å². The molecule has 142 valence electrons. The first-order valence-corrected chi connectivity index (χ1v) is 8.48. The number of amides is 1. The molecule has 10 nitrogen and oxygen atoms in total. The van der Waals surface area contributed by atoms with Crippen LogP contribution in [-0.4, -0.2) is 30.4 Å². The minimum atomic E-state index is -0.542. The Labute approximate surface area is 157 Å². The van der Waals surface area contributed by atoms with Gasteiger partial charge in [0.25, 0.3) is 5.56 Å². The van der Waals surface area contributed by atoms with Gasteiger partial charge in [0, 0.05) is 31.1 Å². The number of aromatic nitrogens is 5. The molecule has 0 aliphatic heterocycles. The smallest absolute Gasteiger partial charge is 0.329 e. The van der Waals surface area contributed by atoms with Crippen LogP contribution in [0.4, 0.5) is 5.69 Å². The van der Waals surface area contributed by atoms with Crippen molar-refractivity contribution in [3.8, 4) is 11.3 Å². The summed E-state index contributed by atoms with van der Waals surface area (Å²) >= 11 is 0. The van der Waals surface area contributed by atoms with Crippen molar-refractivity contribution in [3.63, 3.8) is 0 Å². The van der Waals surface area contributed by atoms with Crippen LogP contribution in [0.3, 0.4) is 0 Å². The summed E-state index contributed by atoms with van der Waals surface area (Å²) in [6.07, 6.45) is 3.38. The van der Waals surface area contributed by atoms with Crippen LogP contribution in [0, 0.1) is 0 Å². The zero-order valence-electron chi connectivity index (χ0n) is 14.9. The number of hydrogen-bond donors (Lipinski definition) is 3. The van der Waals surface area contributed by atoms with Gasteiger partial charge in [-0.25, -0.2) is 14.8 Å². The zero-order chi connectivity index (χ0) is 19.7. The highest BCUT2D eigenvalue weighted by Gasteiger charge is 2.12. The van der Waals surface area contributed by atoms with Crippen LogP contribution in [0.1, 0.15) is 12.2 Å². The highest BCUT2D eigenvalue weighted by Crippen LogP contribution is 2.22. The van der Waals surface area contributed by atoms with Crippen LogP contribution in [0.25, 0.3) is 22.5 Å². The van der Waals surface area contributed by atoms with Gasteiger partial charge < -0.3 is 14.7 Å². The standard InChI is InChI=1S/C18H16N6O4/c1-24-16-15(17(26)23-18(24)27)21-13(22-16)5-6-14(25)20-11-4-2-3-10(7-11)12-8-19-9-28-12/h2-4,7-9H,5-6H2,1H3,(H,20,25)(H,21,22)(H,23,26,27). The largest absolute Gasteiger partial charge is 0.444 e. The van der Waals surface area contributed by atoms with Crippen molar-refractivity contribution in [3.05, 3.63) is 63.5 Å². The van der Waals surface area contributed by atoms with E-state index in [0.717, 1.165) is 5.56 Å². The van der Waals surface area contributed by atoms with E-state index >= 15 is 0 Å². The number of nitrogens with zero attached hydrogens (tertiary/aromatic N) is 3. The van der Waals surface area contributed by atoms with Gasteiger partial charge >= 0.3 is 5.69 Å². The maximum Gasteiger partial charge on any atom is 0.329 e. The molecule has 4 aromatic rings. The van der Waals surface area contributed by atoms with E-state index in [1.807, 2.05) is 6.07 Å². The lowest BCUT2D eigenvalue weighted by Crippen LogP contribution is -2.28. The second kappa shape index (κ2) is 6.99. The van der Waals surface area contributed by atoms with E-state index in [1.54, 1.807) is 24.4 Å². The van der Waals surface area contributed by atoms with Crippen molar-refractivity contribution in [1.29, 1.82) is 0 Å². The maximum atomic E-state index is 12.3. The Balaban J connectivity index is 1.45. The highest BCUT2D eigenvalue weighted by atomic mass is 16.3. The number of aromatic amines is 2. The number of carbonyl (C=O) groups is 1. The van der Waals surface area contributed by atoms with Gasteiger partial charge in [0.15, 0.2) is 17.8 Å². The lowest BCUT2D eigenvalue weighted by molar-refractivity contribution is -0.116. The van der Waals surface area contributed by atoms with Crippen LogP contribution < -0.4 is 16.6 Å². The molecule has 10 heteroatoms. The monoisotopic (exact) mass is 380 g/mol. The summed E-state index contributed by atoms with van der Waals surface area (Å²) in [6.45, 7) is 0. The second-order valence-corrected chi connectivity index (χ2v) is 6.20. The SMILES string of the molecule is Cn1c(=O)[nH]c(=O)c2[nH]c(CCC(=O)Nc3cccc(-c4cnco4)c3)nc21. The number of imidazole rings is 1. The molecule has 1 amide bonds. The number of fused-ring (bicyclic) bond motifs is 1. The van der Waals surface area contributed by atoms with Gasteiger partial charge in [-0.15, -0.1) is 0 Å². The summed E-state index contributed by atoms with van der Waals surface area (Å²) < 4.78 is 6.49. The maximum absolute atomic E-state index is 12.3. The third-order valence-corrected chi connectivity index (χ3v) is 4.26.